The molecule has 170 valence electrons. The Labute approximate surface area is 193 Å². The van der Waals surface area contributed by atoms with Crippen molar-refractivity contribution in [1.29, 1.82) is 0 Å². The van der Waals surface area contributed by atoms with Crippen LogP contribution in [0.3, 0.4) is 0 Å². The molecule has 1 N–H and O–H groups in total. The van der Waals surface area contributed by atoms with Crippen molar-refractivity contribution >= 4 is 5.97 Å². The van der Waals surface area contributed by atoms with Crippen LogP contribution in [-0.4, -0.2) is 27.2 Å². The molecular weight excluding hydrogens is 416 g/mol. The zero-order valence-corrected chi connectivity index (χ0v) is 18.9. The number of hydrogen-bond donors (Lipinski definition) is 1. The first kappa shape index (κ1) is 22.4. The van der Waals surface area contributed by atoms with Crippen LogP contribution in [0.4, 0.5) is 0 Å². The predicted molar refractivity (Wildman–Crippen MR) is 126 cm³/mol. The van der Waals surface area contributed by atoms with E-state index in [4.69, 9.17) is 9.15 Å². The Morgan fingerprint density at radius 3 is 2.39 bits per heavy atom. The summed E-state index contributed by atoms with van der Waals surface area (Å²) in [6.45, 7) is 4.29. The van der Waals surface area contributed by atoms with E-state index in [-0.39, 0.29) is 0 Å². The van der Waals surface area contributed by atoms with Crippen molar-refractivity contribution in [2.45, 2.75) is 38.6 Å². The molecule has 4 aromatic rings. The standard InChI is InChI=1S/C27H28N2O4/c1-3-27(26(30)31,29-16-7-8-17-29)19-21-11-13-23(14-12-21)32-18-15-24-20(2)33-25(28-24)22-9-5-4-6-10-22/h4-14,16-17H,3,15,18-19H2,1-2H3,(H,30,31). The fourth-order valence-corrected chi connectivity index (χ4v) is 4.03. The van der Waals surface area contributed by atoms with Gasteiger partial charge in [0.05, 0.1) is 12.3 Å². The van der Waals surface area contributed by atoms with E-state index in [9.17, 15) is 9.90 Å². The molecule has 1 atom stereocenters. The molecule has 2 aromatic heterocycles. The second-order valence-corrected chi connectivity index (χ2v) is 8.09. The molecule has 4 rings (SSSR count). The van der Waals surface area contributed by atoms with Gasteiger partial charge in [-0.1, -0.05) is 37.3 Å². The molecule has 33 heavy (non-hydrogen) atoms. The maximum atomic E-state index is 12.2. The lowest BCUT2D eigenvalue weighted by Gasteiger charge is -2.30. The van der Waals surface area contributed by atoms with Gasteiger partial charge in [0.25, 0.3) is 0 Å². The van der Waals surface area contributed by atoms with Gasteiger partial charge in [-0.15, -0.1) is 0 Å². The summed E-state index contributed by atoms with van der Waals surface area (Å²) >= 11 is 0. The van der Waals surface area contributed by atoms with Gasteiger partial charge in [0.15, 0.2) is 0 Å². The highest BCUT2D eigenvalue weighted by Gasteiger charge is 2.38. The second kappa shape index (κ2) is 9.77. The number of hydrogen-bond acceptors (Lipinski definition) is 4. The average molecular weight is 445 g/mol. The van der Waals surface area contributed by atoms with Gasteiger partial charge in [0, 0.05) is 30.8 Å². The molecule has 0 aliphatic heterocycles. The summed E-state index contributed by atoms with van der Waals surface area (Å²) in [5.74, 6) is 1.32. The quantitative estimate of drug-likeness (QED) is 0.349. The molecule has 6 heteroatoms. The van der Waals surface area contributed by atoms with Crippen molar-refractivity contribution < 1.29 is 19.1 Å². The Hall–Kier alpha value is -3.80. The van der Waals surface area contributed by atoms with Crippen molar-refractivity contribution in [2.75, 3.05) is 6.61 Å². The minimum atomic E-state index is -1.01. The predicted octanol–water partition coefficient (Wildman–Crippen LogP) is 5.51. The molecule has 0 saturated heterocycles. The molecule has 0 saturated carbocycles. The average Bonchev–Trinajstić information content (AvgIpc) is 3.50. The van der Waals surface area contributed by atoms with Crippen LogP contribution in [0.5, 0.6) is 5.75 Å². The maximum absolute atomic E-state index is 12.2. The van der Waals surface area contributed by atoms with Crippen LogP contribution in [0.15, 0.2) is 83.5 Å². The molecule has 0 radical (unpaired) electrons. The van der Waals surface area contributed by atoms with Crippen molar-refractivity contribution in [3.63, 3.8) is 0 Å². The maximum Gasteiger partial charge on any atom is 0.330 e. The first-order valence-corrected chi connectivity index (χ1v) is 11.1. The second-order valence-electron chi connectivity index (χ2n) is 8.09. The summed E-state index contributed by atoms with van der Waals surface area (Å²) in [4.78, 5) is 16.8. The number of carbonyl (C=O) groups is 1. The molecule has 0 aliphatic rings. The van der Waals surface area contributed by atoms with Gasteiger partial charge in [-0.2, -0.15) is 0 Å². The number of aryl methyl sites for hydroxylation is 1. The molecule has 0 fully saturated rings. The van der Waals surface area contributed by atoms with E-state index in [1.54, 1.807) is 4.57 Å². The Morgan fingerprint density at radius 2 is 1.76 bits per heavy atom. The van der Waals surface area contributed by atoms with Crippen LogP contribution in [0.1, 0.15) is 30.4 Å². The Balaban J connectivity index is 1.38. The van der Waals surface area contributed by atoms with Gasteiger partial charge in [-0.3, -0.25) is 0 Å². The molecule has 6 nitrogen and oxygen atoms in total. The van der Waals surface area contributed by atoms with E-state index in [0.29, 0.717) is 31.8 Å². The van der Waals surface area contributed by atoms with Gasteiger partial charge >= 0.3 is 5.97 Å². The number of nitrogens with zero attached hydrogens (tertiary/aromatic N) is 2. The summed E-state index contributed by atoms with van der Waals surface area (Å²) in [6, 6.07) is 21.2. The molecule has 0 bridgehead atoms. The molecule has 0 amide bonds. The fraction of sp³-hybridized carbons (Fsp3) is 0.259. The van der Waals surface area contributed by atoms with Gasteiger partial charge in [-0.25, -0.2) is 9.78 Å². The lowest BCUT2D eigenvalue weighted by molar-refractivity contribution is -0.147. The van der Waals surface area contributed by atoms with Crippen LogP contribution < -0.4 is 4.74 Å². The van der Waals surface area contributed by atoms with Crippen LogP contribution in [-0.2, 0) is 23.2 Å². The highest BCUT2D eigenvalue weighted by atomic mass is 16.5. The number of rotatable bonds is 10. The summed E-state index contributed by atoms with van der Waals surface area (Å²) in [7, 11) is 0. The molecule has 0 aliphatic carbocycles. The van der Waals surface area contributed by atoms with Crippen LogP contribution in [0, 0.1) is 6.92 Å². The first-order valence-electron chi connectivity index (χ1n) is 11.1. The number of aliphatic carboxylic acids is 1. The van der Waals surface area contributed by atoms with Gasteiger partial charge in [0.1, 0.15) is 17.0 Å². The van der Waals surface area contributed by atoms with E-state index >= 15 is 0 Å². The third kappa shape index (κ3) is 4.85. The summed E-state index contributed by atoms with van der Waals surface area (Å²) < 4.78 is 13.5. The van der Waals surface area contributed by atoms with Gasteiger partial charge < -0.3 is 18.8 Å². The molecular formula is C27H28N2O4. The van der Waals surface area contributed by atoms with E-state index in [0.717, 1.165) is 28.3 Å². The third-order valence-electron chi connectivity index (χ3n) is 6.02. The Morgan fingerprint density at radius 1 is 1.06 bits per heavy atom. The van der Waals surface area contributed by atoms with Gasteiger partial charge in [-0.05, 0) is 55.3 Å². The number of benzene rings is 2. The minimum Gasteiger partial charge on any atom is -0.493 e. The Kier molecular flexibility index (Phi) is 6.63. The van der Waals surface area contributed by atoms with Crippen molar-refractivity contribution in [3.05, 3.63) is 96.1 Å². The molecule has 2 aromatic carbocycles. The normalized spacial score (nSPS) is 12.9. The summed E-state index contributed by atoms with van der Waals surface area (Å²) in [5.41, 5.74) is 1.77. The molecule has 2 heterocycles. The van der Waals surface area contributed by atoms with Crippen LogP contribution in [0.25, 0.3) is 11.5 Å². The lowest BCUT2D eigenvalue weighted by Crippen LogP contribution is -2.42. The zero-order chi connectivity index (χ0) is 23.3. The molecule has 1 unspecified atom stereocenters. The van der Waals surface area contributed by atoms with E-state index in [1.807, 2.05) is 93.0 Å². The summed E-state index contributed by atoms with van der Waals surface area (Å²) in [5, 5.41) is 9.97. The zero-order valence-electron chi connectivity index (χ0n) is 18.9. The van der Waals surface area contributed by atoms with Crippen molar-refractivity contribution in [1.82, 2.24) is 9.55 Å². The van der Waals surface area contributed by atoms with Crippen molar-refractivity contribution in [3.8, 4) is 17.2 Å². The van der Waals surface area contributed by atoms with Crippen LogP contribution >= 0.6 is 0 Å². The van der Waals surface area contributed by atoms with E-state index in [1.165, 1.54) is 0 Å². The minimum absolute atomic E-state index is 0.397. The number of aromatic nitrogens is 2. The fourth-order valence-electron chi connectivity index (χ4n) is 4.03. The molecule has 0 spiro atoms. The number of oxazole rings is 1. The number of ether oxygens (including phenoxy) is 1. The summed E-state index contributed by atoms with van der Waals surface area (Å²) in [6.07, 6.45) is 5.13. The topological polar surface area (TPSA) is 77.5 Å². The highest BCUT2D eigenvalue weighted by molar-refractivity contribution is 5.77. The van der Waals surface area contributed by atoms with Gasteiger partial charge in [0.2, 0.25) is 5.89 Å². The third-order valence-corrected chi connectivity index (χ3v) is 6.02. The smallest absolute Gasteiger partial charge is 0.330 e. The highest BCUT2D eigenvalue weighted by Crippen LogP contribution is 2.28. The largest absolute Gasteiger partial charge is 0.493 e. The first-order chi connectivity index (χ1) is 16.0. The van der Waals surface area contributed by atoms with Crippen molar-refractivity contribution in [2.24, 2.45) is 0 Å². The Bertz CT molecular complexity index is 1180. The van der Waals surface area contributed by atoms with E-state index in [2.05, 4.69) is 4.98 Å². The number of carboxylic acid groups (broad SMARTS) is 1. The monoisotopic (exact) mass is 444 g/mol. The lowest BCUT2D eigenvalue weighted by atomic mass is 9.88. The number of carboxylic acids is 1. The SMILES string of the molecule is CCC(Cc1ccc(OCCc2nc(-c3ccccc3)oc2C)cc1)(C(=O)O)n1cccc1. The van der Waals surface area contributed by atoms with E-state index < -0.39 is 11.5 Å². The van der Waals surface area contributed by atoms with Crippen LogP contribution in [0.2, 0.25) is 0 Å².